The van der Waals surface area contributed by atoms with E-state index >= 15 is 0 Å². The smallest absolute Gasteiger partial charge is 0.336 e. The molecule has 0 spiro atoms. The third-order valence-corrected chi connectivity index (χ3v) is 4.76. The second-order valence-corrected chi connectivity index (χ2v) is 7.40. The topological polar surface area (TPSA) is 86.2 Å². The molecule has 1 N–H and O–H groups in total. The van der Waals surface area contributed by atoms with E-state index in [-0.39, 0.29) is 12.5 Å². The van der Waals surface area contributed by atoms with Crippen molar-refractivity contribution in [3.05, 3.63) is 95.1 Å². The van der Waals surface area contributed by atoms with Gasteiger partial charge in [-0.1, -0.05) is 42.5 Å². The van der Waals surface area contributed by atoms with Gasteiger partial charge in [0.25, 0.3) is 5.91 Å². The minimum atomic E-state index is -0.512. The quantitative estimate of drug-likeness (QED) is 0.168. The van der Waals surface area contributed by atoms with Crippen molar-refractivity contribution in [1.82, 2.24) is 5.43 Å². The number of aryl methyl sites for hydroxylation is 2. The summed E-state index contributed by atoms with van der Waals surface area (Å²) in [4.78, 5) is 24.2. The second-order valence-electron chi connectivity index (χ2n) is 7.40. The molecule has 7 nitrogen and oxygen atoms in total. The Labute approximate surface area is 198 Å². The highest BCUT2D eigenvalue weighted by Gasteiger charge is 2.07. The summed E-state index contributed by atoms with van der Waals surface area (Å²) < 4.78 is 16.1. The minimum Gasteiger partial charge on any atom is -0.497 e. The third-order valence-electron chi connectivity index (χ3n) is 4.76. The SMILES string of the molecule is COc1ccc(/C=C/C(=O)Oc2cccc(C=NNC(=O)COc3c(C)cccc3C)c2)cc1. The first-order chi connectivity index (χ1) is 16.4. The number of para-hydroxylation sites is 1. The van der Waals surface area contributed by atoms with Crippen molar-refractivity contribution < 1.29 is 23.8 Å². The van der Waals surface area contributed by atoms with Gasteiger partial charge in [-0.2, -0.15) is 5.10 Å². The molecule has 0 heterocycles. The Morgan fingerprint density at radius 1 is 0.912 bits per heavy atom. The Morgan fingerprint density at radius 3 is 2.32 bits per heavy atom. The van der Waals surface area contributed by atoms with E-state index in [1.54, 1.807) is 37.5 Å². The first-order valence-corrected chi connectivity index (χ1v) is 10.6. The van der Waals surface area contributed by atoms with Crippen molar-refractivity contribution in [1.29, 1.82) is 0 Å². The summed E-state index contributed by atoms with van der Waals surface area (Å²) in [6, 6.07) is 19.9. The zero-order valence-electron chi connectivity index (χ0n) is 19.3. The lowest BCUT2D eigenvalue weighted by molar-refractivity contribution is -0.129. The van der Waals surface area contributed by atoms with Crippen LogP contribution in [0.2, 0.25) is 0 Å². The van der Waals surface area contributed by atoms with Gasteiger partial charge >= 0.3 is 5.97 Å². The number of carbonyl (C=O) groups excluding carboxylic acids is 2. The largest absolute Gasteiger partial charge is 0.497 e. The number of ether oxygens (including phenoxy) is 3. The highest BCUT2D eigenvalue weighted by atomic mass is 16.5. The van der Waals surface area contributed by atoms with Crippen LogP contribution >= 0.6 is 0 Å². The van der Waals surface area contributed by atoms with Crippen LogP contribution in [-0.4, -0.2) is 31.8 Å². The molecule has 1 amide bonds. The van der Waals surface area contributed by atoms with E-state index in [0.29, 0.717) is 17.1 Å². The highest BCUT2D eigenvalue weighted by molar-refractivity contribution is 5.89. The van der Waals surface area contributed by atoms with Crippen molar-refractivity contribution in [2.24, 2.45) is 5.10 Å². The molecule has 7 heteroatoms. The monoisotopic (exact) mass is 458 g/mol. The maximum atomic E-state index is 12.1. The van der Waals surface area contributed by atoms with Gasteiger partial charge in [0.05, 0.1) is 13.3 Å². The summed E-state index contributed by atoms with van der Waals surface area (Å²) in [5.74, 6) is 0.894. The van der Waals surface area contributed by atoms with Gasteiger partial charge in [-0.25, -0.2) is 10.2 Å². The van der Waals surface area contributed by atoms with E-state index < -0.39 is 5.97 Å². The predicted octanol–water partition coefficient (Wildman–Crippen LogP) is 4.46. The highest BCUT2D eigenvalue weighted by Crippen LogP contribution is 2.22. The third kappa shape index (κ3) is 7.34. The molecule has 34 heavy (non-hydrogen) atoms. The summed E-state index contributed by atoms with van der Waals surface area (Å²) in [5.41, 5.74) is 5.84. The molecule has 0 aliphatic carbocycles. The number of hydrogen-bond donors (Lipinski definition) is 1. The molecule has 0 bridgehead atoms. The molecule has 0 saturated heterocycles. The number of hydrogen-bond acceptors (Lipinski definition) is 6. The molecule has 0 aliphatic heterocycles. The normalized spacial score (nSPS) is 10.9. The number of nitrogens with zero attached hydrogens (tertiary/aromatic N) is 1. The molecule has 174 valence electrons. The molecule has 3 rings (SSSR count). The van der Waals surface area contributed by atoms with E-state index in [2.05, 4.69) is 10.5 Å². The van der Waals surface area contributed by atoms with Gasteiger partial charge in [-0.3, -0.25) is 4.79 Å². The lowest BCUT2D eigenvalue weighted by Crippen LogP contribution is -2.25. The predicted molar refractivity (Wildman–Crippen MR) is 131 cm³/mol. The Hall–Kier alpha value is -4.39. The fourth-order valence-corrected chi connectivity index (χ4v) is 3.06. The average Bonchev–Trinajstić information content (AvgIpc) is 2.83. The maximum Gasteiger partial charge on any atom is 0.336 e. The lowest BCUT2D eigenvalue weighted by atomic mass is 10.1. The number of esters is 1. The van der Waals surface area contributed by atoms with E-state index in [0.717, 1.165) is 22.4 Å². The van der Waals surface area contributed by atoms with Crippen LogP contribution < -0.4 is 19.6 Å². The molecule has 0 aliphatic rings. The van der Waals surface area contributed by atoms with Gasteiger partial charge in [0.2, 0.25) is 0 Å². The van der Waals surface area contributed by atoms with Crippen LogP contribution in [-0.2, 0) is 9.59 Å². The van der Waals surface area contributed by atoms with Crippen LogP contribution in [0.1, 0.15) is 22.3 Å². The second kappa shape index (κ2) is 12.0. The van der Waals surface area contributed by atoms with Crippen molar-refractivity contribution >= 4 is 24.2 Å². The van der Waals surface area contributed by atoms with Crippen LogP contribution in [0.25, 0.3) is 6.08 Å². The molecule has 0 aromatic heterocycles. The maximum absolute atomic E-state index is 12.1. The molecule has 0 atom stereocenters. The van der Waals surface area contributed by atoms with Gasteiger partial charge in [0.15, 0.2) is 6.61 Å². The van der Waals surface area contributed by atoms with Gasteiger partial charge in [0.1, 0.15) is 17.2 Å². The number of nitrogens with one attached hydrogen (secondary N) is 1. The Kier molecular flexibility index (Phi) is 8.57. The summed E-state index contributed by atoms with van der Waals surface area (Å²) in [6.07, 6.45) is 4.46. The fourth-order valence-electron chi connectivity index (χ4n) is 3.06. The molecular formula is C27H26N2O5. The van der Waals surface area contributed by atoms with E-state index in [9.17, 15) is 9.59 Å². The Bertz CT molecular complexity index is 1180. The lowest BCUT2D eigenvalue weighted by Gasteiger charge is -2.10. The number of amides is 1. The van der Waals surface area contributed by atoms with Crippen LogP contribution in [0.3, 0.4) is 0 Å². The molecule has 0 fully saturated rings. The van der Waals surface area contributed by atoms with Crippen molar-refractivity contribution in [2.45, 2.75) is 13.8 Å². The Balaban J connectivity index is 1.49. The van der Waals surface area contributed by atoms with Crippen molar-refractivity contribution in [3.8, 4) is 17.2 Å². The molecule has 0 unspecified atom stereocenters. The van der Waals surface area contributed by atoms with Crippen LogP contribution in [0, 0.1) is 13.8 Å². The molecule has 3 aromatic rings. The number of rotatable bonds is 9. The van der Waals surface area contributed by atoms with Crippen LogP contribution in [0.15, 0.2) is 77.9 Å². The van der Waals surface area contributed by atoms with Gasteiger partial charge in [-0.15, -0.1) is 0 Å². The standard InChI is InChI=1S/C27H26N2O5/c1-19-6-4-7-20(2)27(19)33-18-25(30)29-28-17-22-8-5-9-24(16-22)34-26(31)15-12-21-10-13-23(32-3)14-11-21/h4-17H,18H2,1-3H3,(H,29,30)/b15-12+,28-17?. The van der Waals surface area contributed by atoms with Crippen LogP contribution in [0.5, 0.6) is 17.2 Å². The van der Waals surface area contributed by atoms with Crippen molar-refractivity contribution in [2.75, 3.05) is 13.7 Å². The number of hydrazone groups is 1. The zero-order chi connectivity index (χ0) is 24.3. The fraction of sp³-hybridized carbons (Fsp3) is 0.148. The number of methoxy groups -OCH3 is 1. The first kappa shape index (κ1) is 24.3. The number of benzene rings is 3. The van der Waals surface area contributed by atoms with Gasteiger partial charge in [0, 0.05) is 6.08 Å². The zero-order valence-corrected chi connectivity index (χ0v) is 19.3. The Morgan fingerprint density at radius 2 is 1.62 bits per heavy atom. The minimum absolute atomic E-state index is 0.152. The van der Waals surface area contributed by atoms with E-state index in [4.69, 9.17) is 14.2 Å². The number of carbonyl (C=O) groups is 2. The molecule has 3 aromatic carbocycles. The van der Waals surface area contributed by atoms with Gasteiger partial charge < -0.3 is 14.2 Å². The van der Waals surface area contributed by atoms with Gasteiger partial charge in [-0.05, 0) is 66.4 Å². The summed E-state index contributed by atoms with van der Waals surface area (Å²) in [5, 5.41) is 3.94. The molecule has 0 radical (unpaired) electrons. The first-order valence-electron chi connectivity index (χ1n) is 10.6. The van der Waals surface area contributed by atoms with E-state index in [1.807, 2.05) is 56.3 Å². The summed E-state index contributed by atoms with van der Waals surface area (Å²) in [6.45, 7) is 3.70. The molecular weight excluding hydrogens is 432 g/mol. The van der Waals surface area contributed by atoms with Crippen molar-refractivity contribution in [3.63, 3.8) is 0 Å². The van der Waals surface area contributed by atoms with E-state index in [1.165, 1.54) is 12.3 Å². The summed E-state index contributed by atoms with van der Waals surface area (Å²) >= 11 is 0. The average molecular weight is 459 g/mol. The molecule has 0 saturated carbocycles. The summed E-state index contributed by atoms with van der Waals surface area (Å²) in [7, 11) is 1.59. The van der Waals surface area contributed by atoms with Crippen LogP contribution in [0.4, 0.5) is 0 Å².